The molecule has 0 aliphatic heterocycles. The van der Waals surface area contributed by atoms with Gasteiger partial charge in [-0.25, -0.2) is 0 Å². The predicted molar refractivity (Wildman–Crippen MR) is 75.4 cm³/mol. The van der Waals surface area contributed by atoms with E-state index in [0.29, 0.717) is 13.0 Å². The third-order valence-corrected chi connectivity index (χ3v) is 3.05. The molecule has 1 aromatic rings. The third-order valence-electron chi connectivity index (χ3n) is 3.05. The highest BCUT2D eigenvalue weighted by atomic mass is 16.6. The predicted octanol–water partition coefficient (Wildman–Crippen LogP) is 1.92. The molecule has 1 atom stereocenters. The van der Waals surface area contributed by atoms with Gasteiger partial charge in [-0.2, -0.15) is 0 Å². The molecule has 0 aliphatic carbocycles. The van der Waals surface area contributed by atoms with Crippen LogP contribution in [0.4, 0.5) is 5.69 Å². The number of methoxy groups -OCH3 is 1. The van der Waals surface area contributed by atoms with E-state index in [0.717, 1.165) is 5.56 Å². The zero-order valence-corrected chi connectivity index (χ0v) is 12.0. The number of nitrogens with zero attached hydrogens (tertiary/aromatic N) is 1. The monoisotopic (exact) mass is 280 g/mol. The van der Waals surface area contributed by atoms with Gasteiger partial charge in [-0.05, 0) is 24.4 Å². The molecule has 6 heteroatoms. The number of carbonyl (C=O) groups is 1. The van der Waals surface area contributed by atoms with Crippen LogP contribution in [0.25, 0.3) is 0 Å². The number of benzene rings is 1. The van der Waals surface area contributed by atoms with Crippen molar-refractivity contribution in [3.63, 3.8) is 0 Å². The van der Waals surface area contributed by atoms with Crippen LogP contribution in [-0.2, 0) is 16.0 Å². The number of nitro groups is 1. The van der Waals surface area contributed by atoms with Gasteiger partial charge in [0.1, 0.15) is 6.04 Å². The van der Waals surface area contributed by atoms with Gasteiger partial charge in [0.2, 0.25) is 0 Å². The van der Waals surface area contributed by atoms with Gasteiger partial charge < -0.3 is 10.1 Å². The van der Waals surface area contributed by atoms with Gasteiger partial charge in [0.15, 0.2) is 0 Å². The number of esters is 1. The Kier molecular flexibility index (Phi) is 6.11. The Balaban J connectivity index is 2.50. The number of nitrogens with one attached hydrogen (secondary N) is 1. The quantitative estimate of drug-likeness (QED) is 0.469. The molecular weight excluding hydrogens is 260 g/mol. The van der Waals surface area contributed by atoms with Crippen LogP contribution in [0.1, 0.15) is 19.4 Å². The van der Waals surface area contributed by atoms with E-state index in [9.17, 15) is 14.9 Å². The number of ether oxygens (including phenoxy) is 1. The van der Waals surface area contributed by atoms with E-state index in [2.05, 4.69) is 5.32 Å². The Labute approximate surface area is 118 Å². The maximum atomic E-state index is 11.6. The van der Waals surface area contributed by atoms with Crippen LogP contribution in [0.3, 0.4) is 0 Å². The first-order chi connectivity index (χ1) is 9.45. The molecule has 110 valence electrons. The summed E-state index contributed by atoms with van der Waals surface area (Å²) in [5.74, 6) is -0.136. The van der Waals surface area contributed by atoms with Crippen molar-refractivity contribution in [3.8, 4) is 0 Å². The SMILES string of the molecule is COC(=O)C(NCCc1ccc([N+](=O)[O-])cc1)C(C)C. The molecule has 0 heterocycles. The summed E-state index contributed by atoms with van der Waals surface area (Å²) >= 11 is 0. The summed E-state index contributed by atoms with van der Waals surface area (Å²) < 4.78 is 4.74. The van der Waals surface area contributed by atoms with E-state index in [1.54, 1.807) is 12.1 Å². The molecule has 0 fully saturated rings. The maximum absolute atomic E-state index is 11.6. The van der Waals surface area contributed by atoms with Crippen LogP contribution in [-0.4, -0.2) is 30.6 Å². The molecule has 1 aromatic carbocycles. The van der Waals surface area contributed by atoms with Gasteiger partial charge in [0, 0.05) is 12.1 Å². The Morgan fingerprint density at radius 2 is 1.95 bits per heavy atom. The van der Waals surface area contributed by atoms with E-state index >= 15 is 0 Å². The topological polar surface area (TPSA) is 81.5 Å². The maximum Gasteiger partial charge on any atom is 0.323 e. The van der Waals surface area contributed by atoms with Gasteiger partial charge in [0.05, 0.1) is 12.0 Å². The lowest BCUT2D eigenvalue weighted by Gasteiger charge is -2.19. The number of carbonyl (C=O) groups excluding carboxylic acids is 1. The van der Waals surface area contributed by atoms with Crippen molar-refractivity contribution in [2.75, 3.05) is 13.7 Å². The molecule has 0 spiro atoms. The largest absolute Gasteiger partial charge is 0.468 e. The first kappa shape index (κ1) is 16.1. The van der Waals surface area contributed by atoms with Crippen LogP contribution in [0.2, 0.25) is 0 Å². The van der Waals surface area contributed by atoms with Crippen LogP contribution < -0.4 is 5.32 Å². The number of rotatable bonds is 7. The summed E-state index contributed by atoms with van der Waals surface area (Å²) in [5.41, 5.74) is 1.06. The molecule has 1 unspecified atom stereocenters. The minimum atomic E-state index is -0.423. The van der Waals surface area contributed by atoms with Crippen LogP contribution in [0.5, 0.6) is 0 Å². The van der Waals surface area contributed by atoms with Crippen molar-refractivity contribution in [2.45, 2.75) is 26.3 Å². The standard InChI is InChI=1S/C14H20N2O4/c1-10(2)13(14(17)20-3)15-9-8-11-4-6-12(7-5-11)16(18)19/h4-7,10,13,15H,8-9H2,1-3H3. The first-order valence-electron chi connectivity index (χ1n) is 6.50. The third kappa shape index (κ3) is 4.62. The Morgan fingerprint density at radius 1 is 1.35 bits per heavy atom. The van der Waals surface area contributed by atoms with Gasteiger partial charge in [-0.15, -0.1) is 0 Å². The fourth-order valence-corrected chi connectivity index (χ4v) is 1.87. The molecule has 1 rings (SSSR count). The van der Waals surface area contributed by atoms with Crippen molar-refractivity contribution in [1.29, 1.82) is 0 Å². The summed E-state index contributed by atoms with van der Waals surface area (Å²) in [6.07, 6.45) is 0.693. The van der Waals surface area contributed by atoms with E-state index < -0.39 is 4.92 Å². The lowest BCUT2D eigenvalue weighted by molar-refractivity contribution is -0.384. The highest BCUT2D eigenvalue weighted by molar-refractivity contribution is 5.75. The fourth-order valence-electron chi connectivity index (χ4n) is 1.87. The molecule has 0 aromatic heterocycles. The molecule has 1 N–H and O–H groups in total. The molecule has 0 radical (unpaired) electrons. The lowest BCUT2D eigenvalue weighted by Crippen LogP contribution is -2.42. The second-order valence-electron chi connectivity index (χ2n) is 4.87. The fraction of sp³-hybridized carbons (Fsp3) is 0.500. The van der Waals surface area contributed by atoms with E-state index in [4.69, 9.17) is 4.74 Å². The molecular formula is C14H20N2O4. The highest BCUT2D eigenvalue weighted by Crippen LogP contribution is 2.12. The summed E-state index contributed by atoms with van der Waals surface area (Å²) in [6, 6.07) is 6.08. The van der Waals surface area contributed by atoms with Crippen molar-refractivity contribution < 1.29 is 14.5 Å². The van der Waals surface area contributed by atoms with Gasteiger partial charge in [-0.1, -0.05) is 26.0 Å². The Bertz CT molecular complexity index is 457. The molecule has 0 saturated carbocycles. The van der Waals surface area contributed by atoms with E-state index in [1.807, 2.05) is 13.8 Å². The number of non-ortho nitro benzene ring substituents is 1. The lowest BCUT2D eigenvalue weighted by atomic mass is 10.0. The second-order valence-corrected chi connectivity index (χ2v) is 4.87. The molecule has 20 heavy (non-hydrogen) atoms. The van der Waals surface area contributed by atoms with Crippen LogP contribution in [0.15, 0.2) is 24.3 Å². The van der Waals surface area contributed by atoms with E-state index in [-0.39, 0.29) is 23.6 Å². The minimum Gasteiger partial charge on any atom is -0.468 e. The number of nitro benzene ring substituents is 1. The van der Waals surface area contributed by atoms with Gasteiger partial charge in [0.25, 0.3) is 5.69 Å². The Hall–Kier alpha value is -1.95. The van der Waals surface area contributed by atoms with Gasteiger partial charge >= 0.3 is 5.97 Å². The van der Waals surface area contributed by atoms with Crippen molar-refractivity contribution in [2.24, 2.45) is 5.92 Å². The summed E-state index contributed by atoms with van der Waals surface area (Å²) in [4.78, 5) is 21.7. The molecule has 0 amide bonds. The molecule has 6 nitrogen and oxygen atoms in total. The number of hydrogen-bond donors (Lipinski definition) is 1. The number of hydrogen-bond acceptors (Lipinski definition) is 5. The van der Waals surface area contributed by atoms with Crippen LogP contribution >= 0.6 is 0 Å². The summed E-state index contributed by atoms with van der Waals surface area (Å²) in [6.45, 7) is 4.50. The molecule has 0 bridgehead atoms. The summed E-state index contributed by atoms with van der Waals surface area (Å²) in [5, 5.41) is 13.7. The smallest absolute Gasteiger partial charge is 0.323 e. The molecule has 0 aliphatic rings. The minimum absolute atomic E-state index is 0.0799. The average Bonchev–Trinajstić information content (AvgIpc) is 2.43. The molecule has 0 saturated heterocycles. The summed E-state index contributed by atoms with van der Waals surface area (Å²) in [7, 11) is 1.37. The Morgan fingerprint density at radius 3 is 2.40 bits per heavy atom. The van der Waals surface area contributed by atoms with Crippen molar-refractivity contribution >= 4 is 11.7 Å². The average molecular weight is 280 g/mol. The zero-order chi connectivity index (χ0) is 15.1. The normalized spacial score (nSPS) is 12.2. The first-order valence-corrected chi connectivity index (χ1v) is 6.50. The second kappa shape index (κ2) is 7.59. The van der Waals surface area contributed by atoms with Crippen molar-refractivity contribution in [1.82, 2.24) is 5.32 Å². The van der Waals surface area contributed by atoms with Gasteiger partial charge in [-0.3, -0.25) is 14.9 Å². The zero-order valence-electron chi connectivity index (χ0n) is 12.0. The highest BCUT2D eigenvalue weighted by Gasteiger charge is 2.21. The van der Waals surface area contributed by atoms with Crippen molar-refractivity contribution in [3.05, 3.63) is 39.9 Å². The van der Waals surface area contributed by atoms with Crippen LogP contribution in [0, 0.1) is 16.0 Å². The van der Waals surface area contributed by atoms with E-state index in [1.165, 1.54) is 19.2 Å².